The Hall–Kier alpha value is -3.48. The average molecular weight is 1120 g/mol. The van der Waals surface area contributed by atoms with E-state index in [9.17, 15) is 79.0 Å². The Morgan fingerprint density at radius 1 is 0.500 bits per heavy atom. The Morgan fingerprint density at radius 3 is 1.10 bits per heavy atom. The van der Waals surface area contributed by atoms with Gasteiger partial charge in [-0.05, 0) is 34.6 Å². The zero-order valence-electron chi connectivity index (χ0n) is 35.9. The summed E-state index contributed by atoms with van der Waals surface area (Å²) in [5, 5.41) is 3.04. The van der Waals surface area contributed by atoms with Gasteiger partial charge in [0.15, 0.2) is 0 Å². The van der Waals surface area contributed by atoms with Gasteiger partial charge in [0, 0.05) is 9.52 Å². The van der Waals surface area contributed by atoms with Gasteiger partial charge in [0.25, 0.3) is 10.8 Å². The average Bonchev–Trinajstić information content (AvgIpc) is 3.84. The SMILES string of the molecule is CCC(C)c1cc2c(-c3ccc(C(C(F)(F)F)(C(F)(F)F)C(F)(F)F)cc3)cccc2[cH-]1.CCc1cc2c(-c3ccc(C(C(F)(F)F)(C(F)(F)F)C(F)(F)F)cc3)cccc2[cH-]1.C[Si]C.[Cl][Zr+2][Cl]. The number of fused-ring (bicyclic) bond motifs is 2. The van der Waals surface area contributed by atoms with Gasteiger partial charge in [-0.25, -0.2) is 0 Å². The first-order valence-electron chi connectivity index (χ1n) is 19.8. The first-order valence-corrected chi connectivity index (χ1v) is 28.1. The molecule has 2 radical (unpaired) electrons. The number of benzene rings is 4. The number of hydrogen-bond donors (Lipinski definition) is 0. The molecular weight excluding hydrogens is 1080 g/mol. The van der Waals surface area contributed by atoms with Crippen LogP contribution in [0.2, 0.25) is 13.1 Å². The van der Waals surface area contributed by atoms with Crippen molar-refractivity contribution in [3.8, 4) is 22.3 Å². The van der Waals surface area contributed by atoms with Crippen molar-refractivity contribution in [2.45, 2.75) is 101 Å². The van der Waals surface area contributed by atoms with Gasteiger partial charge in [-0.3, -0.25) is 0 Å². The molecule has 0 N–H and O–H groups in total. The van der Waals surface area contributed by atoms with E-state index in [1.807, 2.05) is 45.0 Å². The number of rotatable bonds is 7. The summed E-state index contributed by atoms with van der Waals surface area (Å²) in [6.45, 7) is 10.2. The third-order valence-electron chi connectivity index (χ3n) is 11.0. The van der Waals surface area contributed by atoms with Gasteiger partial charge in [-0.1, -0.05) is 112 Å². The Kier molecular flexibility index (Phi) is 19.3. The molecule has 0 saturated carbocycles. The molecular formula is C46H38Cl2F18SiZr. The zero-order valence-corrected chi connectivity index (χ0v) is 40.9. The van der Waals surface area contributed by atoms with Crippen LogP contribution >= 0.6 is 17.0 Å². The molecule has 0 spiro atoms. The molecule has 1 unspecified atom stereocenters. The van der Waals surface area contributed by atoms with E-state index >= 15 is 0 Å². The van der Waals surface area contributed by atoms with Crippen LogP contribution in [0.1, 0.15) is 55.4 Å². The van der Waals surface area contributed by atoms with Crippen LogP contribution in [-0.2, 0) is 38.1 Å². The van der Waals surface area contributed by atoms with E-state index in [0.29, 0.717) is 28.3 Å². The van der Waals surface area contributed by atoms with E-state index in [0.717, 1.165) is 62.1 Å². The summed E-state index contributed by atoms with van der Waals surface area (Å²) >= 11 is -0.826. The number of hydrogen-bond acceptors (Lipinski definition) is 0. The molecule has 370 valence electrons. The van der Waals surface area contributed by atoms with Crippen molar-refractivity contribution in [1.29, 1.82) is 0 Å². The van der Waals surface area contributed by atoms with Crippen LogP contribution < -0.4 is 0 Å². The van der Waals surface area contributed by atoms with E-state index in [2.05, 4.69) is 13.1 Å². The second-order valence-corrected chi connectivity index (χ2v) is 19.9. The maximum atomic E-state index is 13.4. The monoisotopic (exact) mass is 1120 g/mol. The predicted molar refractivity (Wildman–Crippen MR) is 227 cm³/mol. The molecule has 1 atom stereocenters. The molecule has 6 aromatic carbocycles. The van der Waals surface area contributed by atoms with Crippen LogP contribution in [0.5, 0.6) is 0 Å². The van der Waals surface area contributed by atoms with Crippen molar-refractivity contribution in [3.63, 3.8) is 0 Å². The van der Waals surface area contributed by atoms with E-state index in [1.54, 1.807) is 36.4 Å². The molecule has 0 fully saturated rings. The number of alkyl halides is 18. The Morgan fingerprint density at radius 2 is 0.809 bits per heavy atom. The van der Waals surface area contributed by atoms with E-state index in [1.165, 1.54) is 0 Å². The summed E-state index contributed by atoms with van der Waals surface area (Å²) in [5.41, 5.74) is -12.4. The Bertz CT molecular complexity index is 2450. The minimum atomic E-state index is -6.64. The normalized spacial score (nSPS) is 13.4. The summed E-state index contributed by atoms with van der Waals surface area (Å²) in [7, 11) is 11.0. The molecule has 6 rings (SSSR count). The van der Waals surface area contributed by atoms with E-state index < -0.39 is 79.9 Å². The summed E-state index contributed by atoms with van der Waals surface area (Å²) in [6.07, 6.45) is -38.2. The van der Waals surface area contributed by atoms with Gasteiger partial charge in [0.2, 0.25) is 0 Å². The Labute approximate surface area is 400 Å². The van der Waals surface area contributed by atoms with Gasteiger partial charge in [-0.15, -0.1) is 69.1 Å². The first-order chi connectivity index (χ1) is 31.2. The van der Waals surface area contributed by atoms with Gasteiger partial charge >= 0.3 is 74.9 Å². The molecule has 0 bridgehead atoms. The van der Waals surface area contributed by atoms with Crippen molar-refractivity contribution in [3.05, 3.63) is 131 Å². The zero-order chi connectivity index (χ0) is 52.1. The van der Waals surface area contributed by atoms with Gasteiger partial charge in [0.05, 0.1) is 0 Å². The quantitative estimate of drug-likeness (QED) is 0.0849. The summed E-state index contributed by atoms with van der Waals surface area (Å²) in [5.74, 6) is 0.226. The van der Waals surface area contributed by atoms with Crippen LogP contribution in [0.15, 0.2) is 109 Å². The molecule has 0 aliphatic rings. The second-order valence-electron chi connectivity index (χ2n) is 15.1. The van der Waals surface area contributed by atoms with Crippen molar-refractivity contribution < 1.29 is 99.9 Å². The number of halogens is 20. The molecule has 68 heavy (non-hydrogen) atoms. The summed E-state index contributed by atoms with van der Waals surface area (Å²) < 4.78 is 240. The van der Waals surface area contributed by atoms with Gasteiger partial charge in [0.1, 0.15) is 0 Å². The molecule has 0 saturated heterocycles. The fourth-order valence-corrected chi connectivity index (χ4v) is 7.53. The standard InChI is InChI=1S/C23H18F9.C21H14F9.C2H6Si.2ClH.Zr/c1-3-13(2)16-11-15-5-4-6-18(19(15)12-16)14-7-9-17(10-8-14)20(21(24,25)26,22(27,28)29)23(30,31)32;1-2-12-10-14-4-3-5-16(17(14)11-12)13-6-8-15(9-7-13)18(19(22,23)24,20(25,26)27)21(28,29)30;1-3-2;;;/h4-13H,3H2,1-2H3;3-11H,2H2,1H3;1-2H3;2*1H;/q2*-1;;;;+4/p-2. The van der Waals surface area contributed by atoms with Crippen LogP contribution in [0.4, 0.5) is 79.0 Å². The van der Waals surface area contributed by atoms with Crippen LogP contribution in [0, 0.1) is 0 Å². The van der Waals surface area contributed by atoms with Crippen LogP contribution in [0.25, 0.3) is 43.8 Å². The van der Waals surface area contributed by atoms with Crippen molar-refractivity contribution in [2.75, 3.05) is 0 Å². The second kappa shape index (κ2) is 22.3. The molecule has 6 aromatic rings. The van der Waals surface area contributed by atoms with Crippen LogP contribution in [-0.4, -0.2) is 46.6 Å². The third-order valence-corrected chi connectivity index (χ3v) is 11.0. The third kappa shape index (κ3) is 11.6. The van der Waals surface area contributed by atoms with Crippen LogP contribution in [0.3, 0.4) is 0 Å². The van der Waals surface area contributed by atoms with Gasteiger partial charge < -0.3 is 0 Å². The summed E-state index contributed by atoms with van der Waals surface area (Å²) in [4.78, 5) is 0. The van der Waals surface area contributed by atoms with Crippen molar-refractivity contribution in [2.24, 2.45) is 0 Å². The molecule has 0 aliphatic carbocycles. The van der Waals surface area contributed by atoms with Crippen molar-refractivity contribution >= 4 is 48.1 Å². The van der Waals surface area contributed by atoms with E-state index in [-0.39, 0.29) is 41.3 Å². The molecule has 0 heterocycles. The number of aryl methyl sites for hydroxylation is 1. The molecule has 0 nitrogen and oxygen atoms in total. The molecule has 0 aromatic heterocycles. The topological polar surface area (TPSA) is 0 Å². The first kappa shape index (κ1) is 58.8. The summed E-state index contributed by atoms with van der Waals surface area (Å²) in [6, 6.07) is 22.0. The van der Waals surface area contributed by atoms with Crippen molar-refractivity contribution in [1.82, 2.24) is 0 Å². The Balaban J connectivity index is 0.000000323. The van der Waals surface area contributed by atoms with Gasteiger partial charge in [-0.2, -0.15) is 91.2 Å². The maximum absolute atomic E-state index is 13.4. The minimum absolute atomic E-state index is 0.207. The fraction of sp³-hybridized carbons (Fsp3) is 0.348. The van der Waals surface area contributed by atoms with E-state index in [4.69, 9.17) is 17.0 Å². The molecule has 0 amide bonds. The molecule has 0 aliphatic heterocycles. The predicted octanol–water partition coefficient (Wildman–Crippen LogP) is 18.5. The molecule has 22 heteroatoms. The fourth-order valence-electron chi connectivity index (χ4n) is 7.53.